The molecule has 20 nitrogen and oxygen atoms in total. The van der Waals surface area contributed by atoms with Crippen LogP contribution in [0.15, 0.2) is 24.3 Å². The van der Waals surface area contributed by atoms with Crippen LogP contribution in [0, 0.1) is 0 Å². The molecule has 0 aromatic heterocycles. The number of methoxy groups -OCH3 is 16. The molecule has 21 heteroatoms. The van der Waals surface area contributed by atoms with Gasteiger partial charge in [-0.05, 0) is 24.3 Å². The average molecular weight is 901 g/mol. The van der Waals surface area contributed by atoms with E-state index in [1.807, 2.05) is 0 Å². The van der Waals surface area contributed by atoms with Crippen molar-refractivity contribution in [2.45, 2.75) is 0 Å². The molecule has 4 aromatic rings. The summed E-state index contributed by atoms with van der Waals surface area (Å²) in [4.78, 5) is 0. The predicted octanol–water partition coefficient (Wildman–Crippen LogP) is 3.18. The van der Waals surface area contributed by atoms with Crippen molar-refractivity contribution < 1.29 is 118 Å². The van der Waals surface area contributed by atoms with E-state index < -0.39 is 0 Å². The van der Waals surface area contributed by atoms with E-state index in [9.17, 15) is 20.4 Å². The monoisotopic (exact) mass is 900 g/mol. The van der Waals surface area contributed by atoms with Gasteiger partial charge >= 0.3 is 21.7 Å². The van der Waals surface area contributed by atoms with Crippen molar-refractivity contribution in [1.29, 1.82) is 0 Å². The van der Waals surface area contributed by atoms with Gasteiger partial charge in [0.1, 0.15) is 0 Å². The third kappa shape index (κ3) is 12.8. The van der Waals surface area contributed by atoms with Crippen molar-refractivity contribution in [3.8, 4) is 115 Å². The Morgan fingerprint density at radius 2 is 0.344 bits per heavy atom. The molecule has 0 aliphatic rings. The summed E-state index contributed by atoms with van der Waals surface area (Å²) in [6.07, 6.45) is 0. The van der Waals surface area contributed by atoms with E-state index in [0.717, 1.165) is 0 Å². The van der Waals surface area contributed by atoms with Crippen LogP contribution in [0.5, 0.6) is 115 Å². The summed E-state index contributed by atoms with van der Waals surface area (Å²) in [5.74, 6) is 2.79. The van der Waals surface area contributed by atoms with E-state index in [1.165, 1.54) is 138 Å². The predicted molar refractivity (Wildman–Crippen MR) is 208 cm³/mol. The molecular formula is C40H52O20Ti. The Labute approximate surface area is 369 Å². The first-order valence-electron chi connectivity index (χ1n) is 16.9. The molecule has 0 N–H and O–H groups in total. The molecule has 0 saturated heterocycles. The number of hydrogen-bond acceptors (Lipinski definition) is 20. The van der Waals surface area contributed by atoms with Crippen LogP contribution in [0.4, 0.5) is 0 Å². The molecule has 0 spiro atoms. The summed E-state index contributed by atoms with van der Waals surface area (Å²) in [6, 6.07) is 5.17. The minimum atomic E-state index is -0.313. The van der Waals surface area contributed by atoms with Crippen molar-refractivity contribution in [2.24, 2.45) is 0 Å². The Morgan fingerprint density at radius 1 is 0.213 bits per heavy atom. The van der Waals surface area contributed by atoms with Gasteiger partial charge in [-0.2, -0.15) is 0 Å². The minimum absolute atomic E-state index is 0. The van der Waals surface area contributed by atoms with Crippen LogP contribution < -0.4 is 96.2 Å². The third-order valence-corrected chi connectivity index (χ3v) is 7.82. The van der Waals surface area contributed by atoms with Gasteiger partial charge in [0, 0.05) is 0 Å². The zero-order chi connectivity index (χ0) is 45.7. The second-order valence-corrected chi connectivity index (χ2v) is 10.7. The largest absolute Gasteiger partial charge is 4.00 e. The molecule has 0 aliphatic carbocycles. The molecule has 0 saturated carbocycles. The first-order valence-corrected chi connectivity index (χ1v) is 16.9. The first kappa shape index (κ1) is 54.6. The van der Waals surface area contributed by atoms with Gasteiger partial charge in [-0.3, -0.25) is 0 Å². The topological polar surface area (TPSA) is 240 Å². The second-order valence-electron chi connectivity index (χ2n) is 10.7. The SMILES string of the molecule is COc1cc([O-])c(OC)c(OC)c1OC.COc1cc([O-])c(OC)c(OC)c1OC.COc1cc([O-])c(OC)c(OC)c1OC.COc1cc([O-])c(OC)c(OC)c1OC.[Ti+4]. The van der Waals surface area contributed by atoms with Crippen molar-refractivity contribution in [3.63, 3.8) is 0 Å². The number of rotatable bonds is 16. The average Bonchev–Trinajstić information content (AvgIpc) is 3.27. The van der Waals surface area contributed by atoms with Crippen LogP contribution in [0.25, 0.3) is 0 Å². The van der Waals surface area contributed by atoms with Gasteiger partial charge in [-0.1, -0.05) is 23.0 Å². The van der Waals surface area contributed by atoms with Crippen LogP contribution in [0.1, 0.15) is 0 Å². The molecule has 0 fully saturated rings. The molecule has 0 unspecified atom stereocenters. The van der Waals surface area contributed by atoms with E-state index in [0.29, 0.717) is 46.0 Å². The molecule has 0 amide bonds. The van der Waals surface area contributed by atoms with E-state index in [-0.39, 0.29) is 90.7 Å². The number of benzene rings is 4. The van der Waals surface area contributed by atoms with Crippen molar-refractivity contribution in [3.05, 3.63) is 24.3 Å². The van der Waals surface area contributed by atoms with Gasteiger partial charge in [0.15, 0.2) is 46.0 Å². The Morgan fingerprint density at radius 3 is 0.443 bits per heavy atom. The quantitative estimate of drug-likeness (QED) is 0.147. The minimum Gasteiger partial charge on any atom is -0.870 e. The van der Waals surface area contributed by atoms with E-state index in [2.05, 4.69) is 0 Å². The zero-order valence-corrected chi connectivity index (χ0v) is 38.5. The first-order chi connectivity index (χ1) is 28.8. The van der Waals surface area contributed by atoms with Crippen molar-refractivity contribution in [1.82, 2.24) is 0 Å². The fourth-order valence-electron chi connectivity index (χ4n) is 5.20. The summed E-state index contributed by atoms with van der Waals surface area (Å²) in [7, 11) is 22.9. The summed E-state index contributed by atoms with van der Waals surface area (Å²) in [5, 5.41) is 46.1. The normalized spacial score (nSPS) is 9.44. The molecule has 0 heterocycles. The Kier molecular flexibility index (Phi) is 24.5. The second kappa shape index (κ2) is 27.4. The summed E-state index contributed by atoms with van der Waals surface area (Å²) in [6.45, 7) is 0. The summed E-state index contributed by atoms with van der Waals surface area (Å²) in [5.41, 5.74) is 0. The van der Waals surface area contributed by atoms with Gasteiger partial charge in [0.2, 0.25) is 46.0 Å². The molecule has 0 radical (unpaired) electrons. The van der Waals surface area contributed by atoms with Crippen molar-refractivity contribution in [2.75, 3.05) is 114 Å². The molecule has 61 heavy (non-hydrogen) atoms. The molecule has 4 rings (SSSR count). The molecule has 336 valence electrons. The van der Waals surface area contributed by atoms with Crippen LogP contribution in [-0.2, 0) is 21.7 Å². The Bertz CT molecular complexity index is 1680. The van der Waals surface area contributed by atoms with Crippen LogP contribution in [-0.4, -0.2) is 114 Å². The molecule has 4 aromatic carbocycles. The maximum absolute atomic E-state index is 11.5. The van der Waals surface area contributed by atoms with Gasteiger partial charge in [-0.25, -0.2) is 0 Å². The number of ether oxygens (including phenoxy) is 16. The molecular weight excluding hydrogens is 848 g/mol. The molecule has 0 atom stereocenters. The maximum atomic E-state index is 11.5. The van der Waals surface area contributed by atoms with Crippen LogP contribution >= 0.6 is 0 Å². The van der Waals surface area contributed by atoms with Gasteiger partial charge < -0.3 is 96.2 Å². The third-order valence-electron chi connectivity index (χ3n) is 7.82. The van der Waals surface area contributed by atoms with Gasteiger partial charge in [0.05, 0.1) is 114 Å². The number of hydrogen-bond donors (Lipinski definition) is 0. The fourth-order valence-corrected chi connectivity index (χ4v) is 5.20. The summed E-state index contributed by atoms with van der Waals surface area (Å²) >= 11 is 0. The zero-order valence-electron chi connectivity index (χ0n) is 37.0. The molecule has 0 aliphatic heterocycles. The smallest absolute Gasteiger partial charge is 0.870 e. The summed E-state index contributed by atoms with van der Waals surface area (Å²) < 4.78 is 80.3. The van der Waals surface area contributed by atoms with E-state index in [4.69, 9.17) is 75.8 Å². The maximum Gasteiger partial charge on any atom is 4.00 e. The van der Waals surface area contributed by atoms with Gasteiger partial charge in [0.25, 0.3) is 0 Å². The molecule has 0 bridgehead atoms. The van der Waals surface area contributed by atoms with Crippen LogP contribution in [0.2, 0.25) is 0 Å². The van der Waals surface area contributed by atoms with E-state index >= 15 is 0 Å². The fraction of sp³-hybridized carbons (Fsp3) is 0.400. The standard InChI is InChI=1S/4C10H14O5.Ti/c4*1-12-7-5-6(11)8(13-2)10(15-4)9(7)14-3;/h4*5,11H,1-4H3;/q;;;;+4/p-4. The van der Waals surface area contributed by atoms with Gasteiger partial charge in [-0.15, -0.1) is 0 Å². The van der Waals surface area contributed by atoms with E-state index in [1.54, 1.807) is 0 Å². The van der Waals surface area contributed by atoms with Crippen LogP contribution in [0.3, 0.4) is 0 Å². The Hall–Kier alpha value is -6.41. The van der Waals surface area contributed by atoms with Crippen molar-refractivity contribution >= 4 is 0 Å². The Balaban J connectivity index is 0.000000783.